The van der Waals surface area contributed by atoms with Crippen molar-refractivity contribution >= 4 is 23.5 Å². The number of nitrogens with zero attached hydrogens (tertiary/aromatic N) is 2. The Balaban J connectivity index is 1.84. The first-order valence-electron chi connectivity index (χ1n) is 7.24. The number of nitrogens with one attached hydrogen (secondary N) is 1. The van der Waals surface area contributed by atoms with Crippen LogP contribution in [0.2, 0.25) is 5.02 Å². The lowest BCUT2D eigenvalue weighted by molar-refractivity contribution is 0.102. The molecule has 0 fully saturated rings. The molecular weight excluding hydrogens is 346 g/mol. The van der Waals surface area contributed by atoms with Gasteiger partial charge in [-0.15, -0.1) is 5.10 Å². The Hall–Kier alpha value is -3.06. The average molecular weight is 360 g/mol. The van der Waals surface area contributed by atoms with Crippen LogP contribution in [0.4, 0.5) is 6.01 Å². The molecule has 0 unspecified atom stereocenters. The molecule has 0 spiro atoms. The van der Waals surface area contributed by atoms with Gasteiger partial charge in [-0.3, -0.25) is 10.1 Å². The first-order valence-corrected chi connectivity index (χ1v) is 7.62. The second-order valence-electron chi connectivity index (χ2n) is 4.91. The zero-order chi connectivity index (χ0) is 17.8. The van der Waals surface area contributed by atoms with Gasteiger partial charge in [0.05, 0.1) is 30.4 Å². The SMILES string of the molecule is COc1ccc(-c2nnc(NC(=O)c3ccccc3Cl)o2)c(OC)c1. The molecule has 3 rings (SSSR count). The summed E-state index contributed by atoms with van der Waals surface area (Å²) in [6, 6.07) is 11.8. The molecule has 0 aliphatic carbocycles. The van der Waals surface area contributed by atoms with E-state index in [2.05, 4.69) is 15.5 Å². The lowest BCUT2D eigenvalue weighted by atomic mass is 10.2. The zero-order valence-electron chi connectivity index (χ0n) is 13.4. The third-order valence-corrected chi connectivity index (χ3v) is 3.73. The van der Waals surface area contributed by atoms with Gasteiger partial charge in [0.25, 0.3) is 11.8 Å². The van der Waals surface area contributed by atoms with E-state index in [-0.39, 0.29) is 11.9 Å². The van der Waals surface area contributed by atoms with Crippen molar-refractivity contribution in [3.05, 3.63) is 53.1 Å². The van der Waals surface area contributed by atoms with Gasteiger partial charge in [-0.25, -0.2) is 0 Å². The minimum Gasteiger partial charge on any atom is -0.497 e. The van der Waals surface area contributed by atoms with Crippen LogP contribution >= 0.6 is 11.6 Å². The van der Waals surface area contributed by atoms with E-state index in [4.69, 9.17) is 25.5 Å². The minimum atomic E-state index is -0.442. The summed E-state index contributed by atoms with van der Waals surface area (Å²) in [6.45, 7) is 0. The van der Waals surface area contributed by atoms with E-state index < -0.39 is 5.91 Å². The largest absolute Gasteiger partial charge is 0.497 e. The molecule has 0 aliphatic rings. The number of hydrogen-bond donors (Lipinski definition) is 1. The second-order valence-corrected chi connectivity index (χ2v) is 5.32. The summed E-state index contributed by atoms with van der Waals surface area (Å²) in [6.07, 6.45) is 0. The number of rotatable bonds is 5. The molecule has 0 saturated heterocycles. The Bertz CT molecular complexity index is 910. The highest BCUT2D eigenvalue weighted by atomic mass is 35.5. The Labute approximate surface area is 148 Å². The fourth-order valence-electron chi connectivity index (χ4n) is 2.17. The maximum absolute atomic E-state index is 12.2. The van der Waals surface area contributed by atoms with Crippen LogP contribution in [0.25, 0.3) is 11.5 Å². The summed E-state index contributed by atoms with van der Waals surface area (Å²) >= 11 is 6.00. The Morgan fingerprint density at radius 3 is 2.64 bits per heavy atom. The fraction of sp³-hybridized carbons (Fsp3) is 0.118. The highest BCUT2D eigenvalue weighted by molar-refractivity contribution is 6.34. The van der Waals surface area contributed by atoms with Crippen molar-refractivity contribution in [3.8, 4) is 23.0 Å². The molecule has 0 saturated carbocycles. The number of anilines is 1. The van der Waals surface area contributed by atoms with Gasteiger partial charge in [0.2, 0.25) is 0 Å². The predicted molar refractivity (Wildman–Crippen MR) is 92.2 cm³/mol. The number of halogens is 1. The summed E-state index contributed by atoms with van der Waals surface area (Å²) in [5.74, 6) is 0.899. The highest BCUT2D eigenvalue weighted by Gasteiger charge is 2.17. The van der Waals surface area contributed by atoms with Gasteiger partial charge < -0.3 is 13.9 Å². The molecule has 128 valence electrons. The lowest BCUT2D eigenvalue weighted by Crippen LogP contribution is -2.12. The van der Waals surface area contributed by atoms with Crippen molar-refractivity contribution in [2.45, 2.75) is 0 Å². The topological polar surface area (TPSA) is 86.5 Å². The molecule has 1 N–H and O–H groups in total. The van der Waals surface area contributed by atoms with Crippen LogP contribution in [-0.4, -0.2) is 30.3 Å². The highest BCUT2D eigenvalue weighted by Crippen LogP contribution is 2.33. The molecule has 0 atom stereocenters. The van der Waals surface area contributed by atoms with Gasteiger partial charge >= 0.3 is 6.01 Å². The van der Waals surface area contributed by atoms with E-state index in [0.717, 1.165) is 0 Å². The number of methoxy groups -OCH3 is 2. The van der Waals surface area contributed by atoms with Gasteiger partial charge in [-0.05, 0) is 24.3 Å². The van der Waals surface area contributed by atoms with Crippen LogP contribution < -0.4 is 14.8 Å². The summed E-state index contributed by atoms with van der Waals surface area (Å²) < 4.78 is 16.0. The van der Waals surface area contributed by atoms with Crippen LogP contribution in [0, 0.1) is 0 Å². The summed E-state index contributed by atoms with van der Waals surface area (Å²) in [4.78, 5) is 12.2. The van der Waals surface area contributed by atoms with Crippen LogP contribution in [0.1, 0.15) is 10.4 Å². The fourth-order valence-corrected chi connectivity index (χ4v) is 2.39. The van der Waals surface area contributed by atoms with Crippen molar-refractivity contribution in [1.82, 2.24) is 10.2 Å². The van der Waals surface area contributed by atoms with Gasteiger partial charge in [0.15, 0.2) is 0 Å². The molecule has 0 aliphatic heterocycles. The van der Waals surface area contributed by atoms with E-state index >= 15 is 0 Å². The molecule has 25 heavy (non-hydrogen) atoms. The Morgan fingerprint density at radius 2 is 1.92 bits per heavy atom. The first kappa shape index (κ1) is 16.8. The molecule has 1 aromatic heterocycles. The molecule has 2 aromatic carbocycles. The normalized spacial score (nSPS) is 10.4. The van der Waals surface area contributed by atoms with E-state index in [1.54, 1.807) is 49.6 Å². The maximum Gasteiger partial charge on any atom is 0.322 e. The Morgan fingerprint density at radius 1 is 1.12 bits per heavy atom. The van der Waals surface area contributed by atoms with Crippen molar-refractivity contribution < 1.29 is 18.7 Å². The number of carbonyl (C=O) groups excluding carboxylic acids is 1. The molecule has 1 amide bonds. The van der Waals surface area contributed by atoms with Crippen LogP contribution in [0.5, 0.6) is 11.5 Å². The third-order valence-electron chi connectivity index (χ3n) is 3.40. The number of aromatic nitrogens is 2. The van der Waals surface area contributed by atoms with E-state index in [9.17, 15) is 4.79 Å². The Kier molecular flexibility index (Phi) is 4.85. The number of amides is 1. The average Bonchev–Trinajstić information content (AvgIpc) is 3.09. The van der Waals surface area contributed by atoms with Gasteiger partial charge in [-0.1, -0.05) is 28.8 Å². The van der Waals surface area contributed by atoms with E-state index in [0.29, 0.717) is 27.6 Å². The van der Waals surface area contributed by atoms with Crippen molar-refractivity contribution in [3.63, 3.8) is 0 Å². The van der Waals surface area contributed by atoms with Crippen molar-refractivity contribution in [2.75, 3.05) is 19.5 Å². The maximum atomic E-state index is 12.2. The zero-order valence-corrected chi connectivity index (χ0v) is 14.2. The monoisotopic (exact) mass is 359 g/mol. The molecular formula is C17H14ClN3O4. The van der Waals surface area contributed by atoms with Gasteiger partial charge in [0.1, 0.15) is 11.5 Å². The number of ether oxygens (including phenoxy) is 2. The quantitative estimate of drug-likeness (QED) is 0.748. The van der Waals surface area contributed by atoms with E-state index in [1.807, 2.05) is 0 Å². The molecule has 7 nitrogen and oxygen atoms in total. The molecule has 3 aromatic rings. The number of hydrogen-bond acceptors (Lipinski definition) is 6. The van der Waals surface area contributed by atoms with Crippen LogP contribution in [0.3, 0.4) is 0 Å². The minimum absolute atomic E-state index is 0.0437. The summed E-state index contributed by atoms with van der Waals surface area (Å²) in [7, 11) is 3.08. The second kappa shape index (κ2) is 7.23. The lowest BCUT2D eigenvalue weighted by Gasteiger charge is -2.07. The molecule has 8 heteroatoms. The van der Waals surface area contributed by atoms with Gasteiger partial charge in [0, 0.05) is 6.07 Å². The first-order chi connectivity index (χ1) is 12.1. The van der Waals surface area contributed by atoms with Gasteiger partial charge in [-0.2, -0.15) is 0 Å². The number of carbonyl (C=O) groups is 1. The summed E-state index contributed by atoms with van der Waals surface area (Å²) in [5.41, 5.74) is 0.889. The molecule has 1 heterocycles. The summed E-state index contributed by atoms with van der Waals surface area (Å²) in [5, 5.41) is 10.6. The predicted octanol–water partition coefficient (Wildman–Crippen LogP) is 3.66. The van der Waals surface area contributed by atoms with Crippen molar-refractivity contribution in [2.24, 2.45) is 0 Å². The molecule has 0 bridgehead atoms. The molecule has 0 radical (unpaired) electrons. The number of benzene rings is 2. The van der Waals surface area contributed by atoms with Crippen LogP contribution in [0.15, 0.2) is 46.9 Å². The standard InChI is InChI=1S/C17H14ClN3O4/c1-23-10-7-8-12(14(9-10)24-2)16-20-21-17(25-16)19-15(22)11-5-3-4-6-13(11)18/h3-9H,1-2H3,(H,19,21,22). The smallest absolute Gasteiger partial charge is 0.322 e. The van der Waals surface area contributed by atoms with Crippen LogP contribution in [-0.2, 0) is 0 Å². The van der Waals surface area contributed by atoms with E-state index in [1.165, 1.54) is 7.11 Å². The third kappa shape index (κ3) is 3.56. The van der Waals surface area contributed by atoms with Crippen molar-refractivity contribution in [1.29, 1.82) is 0 Å².